The number of nitrogens with zero attached hydrogens (tertiary/aromatic N) is 1. The second-order valence-corrected chi connectivity index (χ2v) is 12.1. The Kier molecular flexibility index (Phi) is 12.0. The van der Waals surface area contributed by atoms with Crippen LogP contribution in [0.25, 0.3) is 0 Å². The first kappa shape index (κ1) is 33.3. The molecule has 236 valence electrons. The first-order chi connectivity index (χ1) is 21.2. The van der Waals surface area contributed by atoms with Gasteiger partial charge in [-0.25, -0.2) is 8.78 Å². The average Bonchev–Trinajstić information content (AvgIpc) is 2.99. The zero-order valence-corrected chi connectivity index (χ0v) is 26.0. The standard InChI is InChI=1S/C36H45F2N3O3/c1-4-13-41(14-5-2)36(44)29-16-24(3)15-28(22-29)35(43)40-33(21-27-18-30(37)23-31(38)19-27)34(42)32-20-26(11-12-39-32)17-25-9-7-6-8-10-25/h6-10,15-16,18-19,22-23,26,32-34,39,42H,4-5,11-14,17,20-21H2,1-3H3,(H,40,43)/t26-,32-,33?,34-/m1/s1. The van der Waals surface area contributed by atoms with Gasteiger partial charge in [-0.15, -0.1) is 0 Å². The van der Waals surface area contributed by atoms with Crippen molar-refractivity contribution in [1.82, 2.24) is 15.5 Å². The third-order valence-electron chi connectivity index (χ3n) is 8.29. The number of aryl methyl sites for hydroxylation is 1. The zero-order valence-electron chi connectivity index (χ0n) is 26.0. The molecule has 44 heavy (non-hydrogen) atoms. The van der Waals surface area contributed by atoms with Crippen molar-refractivity contribution in [2.24, 2.45) is 5.92 Å². The van der Waals surface area contributed by atoms with Crippen LogP contribution < -0.4 is 10.6 Å². The van der Waals surface area contributed by atoms with Gasteiger partial charge in [0.2, 0.25) is 0 Å². The smallest absolute Gasteiger partial charge is 0.253 e. The van der Waals surface area contributed by atoms with E-state index in [4.69, 9.17) is 0 Å². The number of aliphatic hydroxyl groups excluding tert-OH is 1. The molecule has 6 nitrogen and oxygen atoms in total. The molecule has 8 heteroatoms. The Morgan fingerprint density at radius 1 is 0.955 bits per heavy atom. The Balaban J connectivity index is 1.57. The molecule has 1 saturated heterocycles. The lowest BCUT2D eigenvalue weighted by Crippen LogP contribution is -2.56. The van der Waals surface area contributed by atoms with Gasteiger partial charge in [0.15, 0.2) is 0 Å². The number of carbonyl (C=O) groups is 2. The summed E-state index contributed by atoms with van der Waals surface area (Å²) >= 11 is 0. The lowest BCUT2D eigenvalue weighted by atomic mass is 9.83. The SMILES string of the molecule is CCCN(CCC)C(=O)c1cc(C)cc(C(=O)NC(Cc2cc(F)cc(F)c2)[C@H](O)[C@H]2C[C@@H](Cc3ccccc3)CCN2)c1. The Morgan fingerprint density at radius 3 is 2.27 bits per heavy atom. The predicted molar refractivity (Wildman–Crippen MR) is 170 cm³/mol. The normalized spacial score (nSPS) is 18.0. The maximum atomic E-state index is 14.1. The highest BCUT2D eigenvalue weighted by Gasteiger charge is 2.33. The summed E-state index contributed by atoms with van der Waals surface area (Å²) in [6.07, 6.45) is 3.18. The molecule has 2 amide bonds. The second-order valence-electron chi connectivity index (χ2n) is 12.1. The van der Waals surface area contributed by atoms with Crippen LogP contribution in [0.2, 0.25) is 0 Å². The van der Waals surface area contributed by atoms with Crippen LogP contribution >= 0.6 is 0 Å². The van der Waals surface area contributed by atoms with Crippen LogP contribution in [0.15, 0.2) is 66.7 Å². The number of carbonyl (C=O) groups excluding carboxylic acids is 2. The molecule has 1 heterocycles. The number of amides is 2. The van der Waals surface area contributed by atoms with Crippen molar-refractivity contribution in [3.05, 3.63) is 106 Å². The number of benzene rings is 3. The first-order valence-corrected chi connectivity index (χ1v) is 15.8. The van der Waals surface area contributed by atoms with Crippen molar-refractivity contribution < 1.29 is 23.5 Å². The van der Waals surface area contributed by atoms with E-state index in [1.54, 1.807) is 23.1 Å². The van der Waals surface area contributed by atoms with Gasteiger partial charge in [0.1, 0.15) is 11.6 Å². The third-order valence-corrected chi connectivity index (χ3v) is 8.29. The van der Waals surface area contributed by atoms with E-state index in [2.05, 4.69) is 22.8 Å². The number of nitrogens with one attached hydrogen (secondary N) is 2. The summed E-state index contributed by atoms with van der Waals surface area (Å²) in [4.78, 5) is 28.8. The summed E-state index contributed by atoms with van der Waals surface area (Å²) in [5.41, 5.74) is 3.05. The molecule has 3 aromatic carbocycles. The highest BCUT2D eigenvalue weighted by atomic mass is 19.1. The fourth-order valence-electron chi connectivity index (χ4n) is 6.27. The van der Waals surface area contributed by atoms with Gasteiger partial charge in [-0.05, 0) is 105 Å². The number of halogens is 2. The molecule has 0 spiro atoms. The van der Waals surface area contributed by atoms with Gasteiger partial charge in [0, 0.05) is 36.3 Å². The van der Waals surface area contributed by atoms with Crippen molar-refractivity contribution in [2.75, 3.05) is 19.6 Å². The van der Waals surface area contributed by atoms with Gasteiger partial charge in [0.25, 0.3) is 11.8 Å². The minimum atomic E-state index is -1.03. The summed E-state index contributed by atoms with van der Waals surface area (Å²) in [5.74, 6) is -1.69. The van der Waals surface area contributed by atoms with Crippen molar-refractivity contribution in [1.29, 1.82) is 0 Å². The molecule has 3 aromatic rings. The number of hydrogen-bond donors (Lipinski definition) is 3. The summed E-state index contributed by atoms with van der Waals surface area (Å²) in [6.45, 7) is 7.83. The molecule has 1 aliphatic rings. The molecule has 3 N–H and O–H groups in total. The van der Waals surface area contributed by atoms with E-state index in [-0.39, 0.29) is 18.4 Å². The Bertz CT molecular complexity index is 1370. The average molecular weight is 606 g/mol. The fourth-order valence-corrected chi connectivity index (χ4v) is 6.27. The summed E-state index contributed by atoms with van der Waals surface area (Å²) < 4.78 is 28.2. The zero-order chi connectivity index (χ0) is 31.6. The van der Waals surface area contributed by atoms with E-state index in [0.717, 1.165) is 37.3 Å². The summed E-state index contributed by atoms with van der Waals surface area (Å²) in [5, 5.41) is 18.0. The number of rotatable bonds is 13. The molecule has 0 aliphatic carbocycles. The lowest BCUT2D eigenvalue weighted by molar-refractivity contribution is 0.0576. The van der Waals surface area contributed by atoms with E-state index in [9.17, 15) is 23.5 Å². The van der Waals surface area contributed by atoms with E-state index in [1.807, 2.05) is 39.0 Å². The molecule has 0 radical (unpaired) electrons. The second kappa shape index (κ2) is 15.9. The van der Waals surface area contributed by atoms with Crippen molar-refractivity contribution in [2.45, 2.75) is 77.5 Å². The number of aliphatic hydroxyl groups is 1. The minimum absolute atomic E-state index is 0.0293. The molecule has 4 rings (SSSR count). The van der Waals surface area contributed by atoms with E-state index < -0.39 is 29.7 Å². The molecule has 0 aromatic heterocycles. The number of piperidine rings is 1. The first-order valence-electron chi connectivity index (χ1n) is 15.8. The van der Waals surface area contributed by atoms with Crippen molar-refractivity contribution in [3.8, 4) is 0 Å². The van der Waals surface area contributed by atoms with Gasteiger partial charge < -0.3 is 20.6 Å². The van der Waals surface area contributed by atoms with Gasteiger partial charge in [-0.1, -0.05) is 44.2 Å². The van der Waals surface area contributed by atoms with Gasteiger partial charge in [-0.2, -0.15) is 0 Å². The van der Waals surface area contributed by atoms with Crippen molar-refractivity contribution >= 4 is 11.8 Å². The third kappa shape index (κ3) is 9.19. The maximum absolute atomic E-state index is 14.1. The summed E-state index contributed by atoms with van der Waals surface area (Å²) in [7, 11) is 0. The monoisotopic (exact) mass is 605 g/mol. The van der Waals surface area contributed by atoms with Gasteiger partial charge >= 0.3 is 0 Å². The van der Waals surface area contributed by atoms with Crippen LogP contribution in [0.3, 0.4) is 0 Å². The minimum Gasteiger partial charge on any atom is -0.389 e. The Hall–Kier alpha value is -3.62. The van der Waals surface area contributed by atoms with Crippen LogP contribution in [0.5, 0.6) is 0 Å². The quantitative estimate of drug-likeness (QED) is 0.228. The predicted octanol–water partition coefficient (Wildman–Crippen LogP) is 5.85. The van der Waals surface area contributed by atoms with Crippen LogP contribution in [-0.2, 0) is 12.8 Å². The number of hydrogen-bond acceptors (Lipinski definition) is 4. The Labute approximate surface area is 259 Å². The summed E-state index contributed by atoms with van der Waals surface area (Å²) in [6, 6.07) is 17.4. The molecular weight excluding hydrogens is 560 g/mol. The molecule has 1 aliphatic heterocycles. The molecule has 1 fully saturated rings. The van der Waals surface area contributed by atoms with Crippen molar-refractivity contribution in [3.63, 3.8) is 0 Å². The van der Waals surface area contributed by atoms with Crippen LogP contribution in [-0.4, -0.2) is 59.6 Å². The van der Waals surface area contributed by atoms with E-state index >= 15 is 0 Å². The molecule has 0 bridgehead atoms. The molecule has 0 saturated carbocycles. The van der Waals surface area contributed by atoms with Crippen LogP contribution in [0.1, 0.15) is 76.9 Å². The molecule has 1 unspecified atom stereocenters. The topological polar surface area (TPSA) is 81.7 Å². The van der Waals surface area contributed by atoms with Crippen LogP contribution in [0, 0.1) is 24.5 Å². The maximum Gasteiger partial charge on any atom is 0.253 e. The van der Waals surface area contributed by atoms with E-state index in [0.29, 0.717) is 48.7 Å². The fraction of sp³-hybridized carbons (Fsp3) is 0.444. The van der Waals surface area contributed by atoms with Gasteiger partial charge in [0.05, 0.1) is 12.1 Å². The van der Waals surface area contributed by atoms with Gasteiger partial charge in [-0.3, -0.25) is 9.59 Å². The van der Waals surface area contributed by atoms with E-state index in [1.165, 1.54) is 17.7 Å². The molecule has 4 atom stereocenters. The lowest BCUT2D eigenvalue weighted by Gasteiger charge is -2.37. The highest BCUT2D eigenvalue weighted by molar-refractivity contribution is 6.00. The largest absolute Gasteiger partial charge is 0.389 e. The van der Waals surface area contributed by atoms with Crippen LogP contribution in [0.4, 0.5) is 8.78 Å². The Morgan fingerprint density at radius 2 is 1.61 bits per heavy atom. The molecular formula is C36H45F2N3O3. The highest BCUT2D eigenvalue weighted by Crippen LogP contribution is 2.25.